The molecule has 2 bridgehead atoms. The summed E-state index contributed by atoms with van der Waals surface area (Å²) in [4.78, 5) is 14.5. The van der Waals surface area contributed by atoms with E-state index in [1.165, 1.54) is 62.7 Å². The summed E-state index contributed by atoms with van der Waals surface area (Å²) in [6.07, 6.45) is 9.54. The smallest absolute Gasteiger partial charge is 0.217 e. The average Bonchev–Trinajstić information content (AvgIpc) is 3.31. The van der Waals surface area contributed by atoms with Crippen molar-refractivity contribution in [1.29, 1.82) is 0 Å². The van der Waals surface area contributed by atoms with Crippen molar-refractivity contribution in [3.8, 4) is 0 Å². The van der Waals surface area contributed by atoms with Crippen LogP contribution in [0.2, 0.25) is 0 Å². The molecule has 4 aliphatic rings. The molecule has 1 saturated heterocycles. The zero-order chi connectivity index (χ0) is 17.0. The fourth-order valence-corrected chi connectivity index (χ4v) is 6.68. The molecule has 1 heterocycles. The largest absolute Gasteiger partial charge is 0.349 e. The summed E-state index contributed by atoms with van der Waals surface area (Å²) in [6, 6.07) is 9.94. The highest BCUT2D eigenvalue weighted by Crippen LogP contribution is 2.53. The highest BCUT2D eigenvalue weighted by molar-refractivity contribution is 5.73. The Morgan fingerprint density at radius 1 is 1.16 bits per heavy atom. The monoisotopic (exact) mass is 338 g/mol. The van der Waals surface area contributed by atoms with Crippen LogP contribution in [0.5, 0.6) is 0 Å². The highest BCUT2D eigenvalue weighted by atomic mass is 16.1. The van der Waals surface area contributed by atoms with Crippen LogP contribution in [0.4, 0.5) is 0 Å². The van der Waals surface area contributed by atoms with Crippen LogP contribution in [0.1, 0.15) is 69.0 Å². The molecule has 1 amide bonds. The van der Waals surface area contributed by atoms with E-state index in [0.29, 0.717) is 0 Å². The Labute approximate surface area is 151 Å². The Kier molecular flexibility index (Phi) is 3.70. The van der Waals surface area contributed by atoms with Crippen molar-refractivity contribution >= 4 is 5.91 Å². The molecule has 3 fully saturated rings. The topological polar surface area (TPSA) is 32.3 Å². The molecular formula is C22H30N2O. The van der Waals surface area contributed by atoms with Crippen molar-refractivity contribution in [1.82, 2.24) is 10.2 Å². The van der Waals surface area contributed by atoms with Crippen molar-refractivity contribution in [2.45, 2.75) is 69.4 Å². The maximum Gasteiger partial charge on any atom is 0.217 e. The molecule has 3 heteroatoms. The van der Waals surface area contributed by atoms with Gasteiger partial charge in [0.1, 0.15) is 0 Å². The average molecular weight is 338 g/mol. The summed E-state index contributed by atoms with van der Waals surface area (Å²) >= 11 is 0. The van der Waals surface area contributed by atoms with Gasteiger partial charge in [-0.2, -0.15) is 0 Å². The van der Waals surface area contributed by atoms with E-state index >= 15 is 0 Å². The zero-order valence-corrected chi connectivity index (χ0v) is 15.3. The standard InChI is InChI=1S/C22H30N2O/c1-15(25)23-20-14-22(19-5-3-2-4-18(19)20)8-10-24(11-9-22)21-13-16-6-7-17(21)12-16/h2-5,16-17,20-21H,6-14H2,1H3,(H,23,25)/t16-,17-,20?,21+/m1/s1. The van der Waals surface area contributed by atoms with Crippen LogP contribution >= 0.6 is 0 Å². The molecule has 1 aromatic carbocycles. The number of fused-ring (bicyclic) bond motifs is 4. The van der Waals surface area contributed by atoms with Gasteiger partial charge in [-0.1, -0.05) is 30.7 Å². The van der Waals surface area contributed by atoms with Gasteiger partial charge in [0.05, 0.1) is 6.04 Å². The molecule has 3 aliphatic carbocycles. The second-order valence-corrected chi connectivity index (χ2v) is 9.10. The lowest BCUT2D eigenvalue weighted by Gasteiger charge is -2.44. The number of amides is 1. The molecular weight excluding hydrogens is 308 g/mol. The van der Waals surface area contributed by atoms with Gasteiger partial charge < -0.3 is 10.2 Å². The summed E-state index contributed by atoms with van der Waals surface area (Å²) in [6.45, 7) is 4.13. The molecule has 25 heavy (non-hydrogen) atoms. The first-order valence-corrected chi connectivity index (χ1v) is 10.3. The number of likely N-dealkylation sites (tertiary alicyclic amines) is 1. The lowest BCUT2D eigenvalue weighted by Crippen LogP contribution is -2.48. The quantitative estimate of drug-likeness (QED) is 0.890. The van der Waals surface area contributed by atoms with E-state index in [1.807, 2.05) is 0 Å². The summed E-state index contributed by atoms with van der Waals surface area (Å²) in [5, 5.41) is 3.21. The first-order chi connectivity index (χ1) is 12.1. The van der Waals surface area contributed by atoms with E-state index < -0.39 is 0 Å². The molecule has 1 aliphatic heterocycles. The van der Waals surface area contributed by atoms with Crippen molar-refractivity contribution < 1.29 is 4.79 Å². The van der Waals surface area contributed by atoms with Gasteiger partial charge in [0.2, 0.25) is 5.91 Å². The van der Waals surface area contributed by atoms with Crippen LogP contribution < -0.4 is 5.32 Å². The molecule has 0 radical (unpaired) electrons. The Hall–Kier alpha value is -1.35. The molecule has 1 spiro atoms. The number of hydrogen-bond acceptors (Lipinski definition) is 2. The van der Waals surface area contributed by atoms with Crippen LogP contribution in [0, 0.1) is 11.8 Å². The fraction of sp³-hybridized carbons (Fsp3) is 0.682. The first kappa shape index (κ1) is 15.9. The predicted molar refractivity (Wildman–Crippen MR) is 99.3 cm³/mol. The maximum atomic E-state index is 11.7. The normalized spacial score (nSPS) is 35.9. The summed E-state index contributed by atoms with van der Waals surface area (Å²) < 4.78 is 0. The third-order valence-electron chi connectivity index (χ3n) is 7.80. The second kappa shape index (κ2) is 5.84. The number of benzene rings is 1. The van der Waals surface area contributed by atoms with Crippen LogP contribution in [0.3, 0.4) is 0 Å². The van der Waals surface area contributed by atoms with Crippen molar-refractivity contribution in [2.75, 3.05) is 13.1 Å². The zero-order valence-electron chi connectivity index (χ0n) is 15.3. The predicted octanol–water partition coefficient (Wildman–Crippen LogP) is 3.79. The van der Waals surface area contributed by atoms with Gasteiger partial charge >= 0.3 is 0 Å². The van der Waals surface area contributed by atoms with Crippen LogP contribution in [-0.4, -0.2) is 29.9 Å². The van der Waals surface area contributed by atoms with Gasteiger partial charge in [0, 0.05) is 18.4 Å². The SMILES string of the molecule is CC(=O)NC1CC2(CCN([C@H]3C[C@@H]4CC[C@@H]3C4)CC2)c2ccccc21. The Morgan fingerprint density at radius 3 is 2.64 bits per heavy atom. The molecule has 134 valence electrons. The van der Waals surface area contributed by atoms with E-state index in [-0.39, 0.29) is 17.4 Å². The molecule has 1 unspecified atom stereocenters. The molecule has 1 aromatic rings. The lowest BCUT2D eigenvalue weighted by molar-refractivity contribution is -0.119. The lowest BCUT2D eigenvalue weighted by atomic mass is 9.73. The van der Waals surface area contributed by atoms with E-state index in [1.54, 1.807) is 6.92 Å². The minimum Gasteiger partial charge on any atom is -0.349 e. The second-order valence-electron chi connectivity index (χ2n) is 9.10. The molecule has 5 rings (SSSR count). The third kappa shape index (κ3) is 2.54. The van der Waals surface area contributed by atoms with Gasteiger partial charge in [0.25, 0.3) is 0 Å². The number of piperidine rings is 1. The van der Waals surface area contributed by atoms with Gasteiger partial charge in [-0.05, 0) is 74.6 Å². The minimum atomic E-state index is 0.0938. The fourth-order valence-electron chi connectivity index (χ4n) is 6.68. The van der Waals surface area contributed by atoms with Gasteiger partial charge in [-0.15, -0.1) is 0 Å². The van der Waals surface area contributed by atoms with Gasteiger partial charge in [0.15, 0.2) is 0 Å². The Balaban J connectivity index is 1.34. The number of rotatable bonds is 2. The van der Waals surface area contributed by atoms with E-state index in [0.717, 1.165) is 24.3 Å². The maximum absolute atomic E-state index is 11.7. The minimum absolute atomic E-state index is 0.0938. The summed E-state index contributed by atoms with van der Waals surface area (Å²) in [5.74, 6) is 2.11. The molecule has 3 nitrogen and oxygen atoms in total. The first-order valence-electron chi connectivity index (χ1n) is 10.3. The Bertz CT molecular complexity index is 676. The molecule has 0 aromatic heterocycles. The number of nitrogens with one attached hydrogen (secondary N) is 1. The van der Waals surface area contributed by atoms with Crippen molar-refractivity contribution in [3.63, 3.8) is 0 Å². The Morgan fingerprint density at radius 2 is 1.96 bits per heavy atom. The number of hydrogen-bond donors (Lipinski definition) is 1. The number of carbonyl (C=O) groups excluding carboxylic acids is 1. The highest BCUT2D eigenvalue weighted by Gasteiger charge is 2.48. The van der Waals surface area contributed by atoms with Crippen LogP contribution in [-0.2, 0) is 10.2 Å². The van der Waals surface area contributed by atoms with E-state index in [4.69, 9.17) is 0 Å². The molecule has 4 atom stereocenters. The summed E-state index contributed by atoms with van der Waals surface area (Å²) in [5.41, 5.74) is 3.17. The van der Waals surface area contributed by atoms with Gasteiger partial charge in [-0.25, -0.2) is 0 Å². The number of carbonyl (C=O) groups is 1. The molecule has 2 saturated carbocycles. The van der Waals surface area contributed by atoms with Crippen molar-refractivity contribution in [2.24, 2.45) is 11.8 Å². The van der Waals surface area contributed by atoms with Crippen LogP contribution in [0.25, 0.3) is 0 Å². The molecule has 1 N–H and O–H groups in total. The van der Waals surface area contributed by atoms with Gasteiger partial charge in [-0.3, -0.25) is 4.79 Å². The van der Waals surface area contributed by atoms with Crippen LogP contribution in [0.15, 0.2) is 24.3 Å². The summed E-state index contributed by atoms with van der Waals surface area (Å²) in [7, 11) is 0. The van der Waals surface area contributed by atoms with E-state index in [2.05, 4.69) is 34.5 Å². The third-order valence-corrected chi connectivity index (χ3v) is 7.80. The van der Waals surface area contributed by atoms with Crippen molar-refractivity contribution in [3.05, 3.63) is 35.4 Å². The number of nitrogens with zero attached hydrogens (tertiary/aromatic N) is 1. The van der Waals surface area contributed by atoms with E-state index in [9.17, 15) is 4.79 Å².